The standard InChI is InChI=1S/C12H24/c1-7-8-11(4)12(5,6)9-10(2)3/h9,11H,7-8H2,1-6H3. The van der Waals surface area contributed by atoms with Crippen molar-refractivity contribution < 1.29 is 0 Å². The second-order valence-electron chi connectivity index (χ2n) is 4.73. The van der Waals surface area contributed by atoms with Crippen LogP contribution in [0, 0.1) is 11.3 Å². The first kappa shape index (κ1) is 11.7. The molecule has 1 atom stereocenters. The van der Waals surface area contributed by atoms with Gasteiger partial charge in [-0.15, -0.1) is 0 Å². The maximum absolute atomic E-state index is 2.40. The first-order valence-corrected chi connectivity index (χ1v) is 5.06. The molecule has 0 N–H and O–H groups in total. The first-order valence-electron chi connectivity index (χ1n) is 5.06. The summed E-state index contributed by atoms with van der Waals surface area (Å²) in [6.45, 7) is 13.6. The van der Waals surface area contributed by atoms with Crippen molar-refractivity contribution in [2.75, 3.05) is 0 Å². The van der Waals surface area contributed by atoms with Crippen LogP contribution in [0.5, 0.6) is 0 Å². The molecular formula is C12H24. The van der Waals surface area contributed by atoms with Gasteiger partial charge in [-0.2, -0.15) is 0 Å². The van der Waals surface area contributed by atoms with E-state index in [1.807, 2.05) is 0 Å². The van der Waals surface area contributed by atoms with Crippen LogP contribution in [-0.2, 0) is 0 Å². The van der Waals surface area contributed by atoms with Crippen LogP contribution >= 0.6 is 0 Å². The molecule has 0 bridgehead atoms. The molecule has 72 valence electrons. The number of hydrogen-bond acceptors (Lipinski definition) is 0. The third-order valence-corrected chi connectivity index (χ3v) is 2.65. The lowest BCUT2D eigenvalue weighted by Crippen LogP contribution is -2.19. The van der Waals surface area contributed by atoms with Gasteiger partial charge in [-0.1, -0.05) is 52.2 Å². The molecule has 0 saturated carbocycles. The van der Waals surface area contributed by atoms with Crippen LogP contribution in [0.3, 0.4) is 0 Å². The molecule has 0 heteroatoms. The first-order chi connectivity index (χ1) is 5.40. The Morgan fingerprint density at radius 2 is 1.83 bits per heavy atom. The van der Waals surface area contributed by atoms with Crippen molar-refractivity contribution in [3.8, 4) is 0 Å². The summed E-state index contributed by atoms with van der Waals surface area (Å²) in [4.78, 5) is 0. The molecule has 0 fully saturated rings. The summed E-state index contributed by atoms with van der Waals surface area (Å²) in [6.07, 6.45) is 5.02. The highest BCUT2D eigenvalue weighted by molar-refractivity contribution is 5.03. The molecule has 0 saturated heterocycles. The maximum Gasteiger partial charge on any atom is -0.0147 e. The molecule has 0 nitrogen and oxygen atoms in total. The highest BCUT2D eigenvalue weighted by Gasteiger charge is 2.21. The zero-order chi connectivity index (χ0) is 9.78. The van der Waals surface area contributed by atoms with E-state index >= 15 is 0 Å². The SMILES string of the molecule is CCCC(C)C(C)(C)C=C(C)C. The molecule has 0 radical (unpaired) electrons. The van der Waals surface area contributed by atoms with Crippen LogP contribution in [0.2, 0.25) is 0 Å². The van der Waals surface area contributed by atoms with Gasteiger partial charge in [0, 0.05) is 0 Å². The fourth-order valence-corrected chi connectivity index (χ4v) is 1.69. The molecular weight excluding hydrogens is 144 g/mol. The molecule has 1 unspecified atom stereocenters. The average molecular weight is 168 g/mol. The van der Waals surface area contributed by atoms with Crippen LogP contribution < -0.4 is 0 Å². The van der Waals surface area contributed by atoms with Crippen molar-refractivity contribution in [3.05, 3.63) is 11.6 Å². The zero-order valence-corrected chi connectivity index (χ0v) is 9.57. The van der Waals surface area contributed by atoms with E-state index in [2.05, 4.69) is 47.6 Å². The molecule has 0 amide bonds. The van der Waals surface area contributed by atoms with Gasteiger partial charge in [-0.05, 0) is 25.2 Å². The Labute approximate surface area is 78.1 Å². The number of rotatable bonds is 4. The maximum atomic E-state index is 2.40. The lowest BCUT2D eigenvalue weighted by molar-refractivity contribution is 0.286. The second kappa shape index (κ2) is 4.69. The largest absolute Gasteiger partial charge is 0.0799 e. The lowest BCUT2D eigenvalue weighted by Gasteiger charge is -2.29. The minimum atomic E-state index is 0.370. The van der Waals surface area contributed by atoms with Gasteiger partial charge >= 0.3 is 0 Å². The van der Waals surface area contributed by atoms with Gasteiger partial charge in [-0.3, -0.25) is 0 Å². The van der Waals surface area contributed by atoms with Crippen molar-refractivity contribution in [2.24, 2.45) is 11.3 Å². The fourth-order valence-electron chi connectivity index (χ4n) is 1.69. The topological polar surface area (TPSA) is 0 Å². The summed E-state index contributed by atoms with van der Waals surface area (Å²) in [6, 6.07) is 0. The summed E-state index contributed by atoms with van der Waals surface area (Å²) in [5.41, 5.74) is 1.80. The summed E-state index contributed by atoms with van der Waals surface area (Å²) < 4.78 is 0. The molecule has 0 aliphatic heterocycles. The predicted molar refractivity (Wildman–Crippen MR) is 57.3 cm³/mol. The molecule has 0 aromatic heterocycles. The lowest BCUT2D eigenvalue weighted by atomic mass is 9.76. The Kier molecular flexibility index (Phi) is 4.59. The minimum absolute atomic E-state index is 0.370. The van der Waals surface area contributed by atoms with E-state index in [0.717, 1.165) is 5.92 Å². The van der Waals surface area contributed by atoms with Gasteiger partial charge in [0.05, 0.1) is 0 Å². The number of hydrogen-bond donors (Lipinski definition) is 0. The van der Waals surface area contributed by atoms with Gasteiger partial charge in [0.15, 0.2) is 0 Å². The van der Waals surface area contributed by atoms with E-state index in [1.165, 1.54) is 18.4 Å². The number of allylic oxidation sites excluding steroid dienone is 2. The van der Waals surface area contributed by atoms with E-state index in [-0.39, 0.29) is 0 Å². The van der Waals surface area contributed by atoms with Crippen molar-refractivity contribution in [2.45, 2.75) is 54.4 Å². The molecule has 0 aromatic rings. The molecule has 0 aromatic carbocycles. The molecule has 12 heavy (non-hydrogen) atoms. The predicted octanol–water partition coefficient (Wildman–Crippen LogP) is 4.42. The zero-order valence-electron chi connectivity index (χ0n) is 9.57. The van der Waals surface area contributed by atoms with Gasteiger partial charge in [0.25, 0.3) is 0 Å². The normalized spacial score (nSPS) is 14.2. The Morgan fingerprint density at radius 3 is 2.17 bits per heavy atom. The van der Waals surface area contributed by atoms with Crippen molar-refractivity contribution >= 4 is 0 Å². The van der Waals surface area contributed by atoms with E-state index < -0.39 is 0 Å². The van der Waals surface area contributed by atoms with Crippen LogP contribution in [-0.4, -0.2) is 0 Å². The molecule has 0 spiro atoms. The van der Waals surface area contributed by atoms with E-state index in [9.17, 15) is 0 Å². The van der Waals surface area contributed by atoms with E-state index in [4.69, 9.17) is 0 Å². The monoisotopic (exact) mass is 168 g/mol. The Balaban J connectivity index is 4.28. The second-order valence-corrected chi connectivity index (χ2v) is 4.73. The van der Waals surface area contributed by atoms with Crippen molar-refractivity contribution in [3.63, 3.8) is 0 Å². The van der Waals surface area contributed by atoms with Gasteiger partial charge < -0.3 is 0 Å². The third-order valence-electron chi connectivity index (χ3n) is 2.65. The fraction of sp³-hybridized carbons (Fsp3) is 0.833. The quantitative estimate of drug-likeness (QED) is 0.545. The molecule has 0 aliphatic carbocycles. The summed E-state index contributed by atoms with van der Waals surface area (Å²) >= 11 is 0. The van der Waals surface area contributed by atoms with E-state index in [1.54, 1.807) is 0 Å². The van der Waals surface area contributed by atoms with Crippen LogP contribution in [0.15, 0.2) is 11.6 Å². The van der Waals surface area contributed by atoms with Gasteiger partial charge in [-0.25, -0.2) is 0 Å². The summed E-state index contributed by atoms with van der Waals surface area (Å²) in [5, 5.41) is 0. The Morgan fingerprint density at radius 1 is 1.33 bits per heavy atom. The highest BCUT2D eigenvalue weighted by Crippen LogP contribution is 2.32. The molecule has 0 heterocycles. The Bertz CT molecular complexity index is 147. The van der Waals surface area contributed by atoms with Gasteiger partial charge in [0.2, 0.25) is 0 Å². The smallest absolute Gasteiger partial charge is 0.0147 e. The Hall–Kier alpha value is -0.260. The van der Waals surface area contributed by atoms with Crippen LogP contribution in [0.4, 0.5) is 0 Å². The third kappa shape index (κ3) is 3.94. The van der Waals surface area contributed by atoms with Crippen LogP contribution in [0.25, 0.3) is 0 Å². The highest BCUT2D eigenvalue weighted by atomic mass is 14.3. The van der Waals surface area contributed by atoms with Gasteiger partial charge in [0.1, 0.15) is 0 Å². The molecule has 0 aliphatic rings. The molecule has 0 rings (SSSR count). The summed E-state index contributed by atoms with van der Waals surface area (Å²) in [7, 11) is 0. The van der Waals surface area contributed by atoms with Crippen molar-refractivity contribution in [1.82, 2.24) is 0 Å². The summed E-state index contributed by atoms with van der Waals surface area (Å²) in [5.74, 6) is 0.789. The van der Waals surface area contributed by atoms with E-state index in [0.29, 0.717) is 5.41 Å². The average Bonchev–Trinajstić information content (AvgIpc) is 1.85. The minimum Gasteiger partial charge on any atom is -0.0799 e. The van der Waals surface area contributed by atoms with Crippen molar-refractivity contribution in [1.29, 1.82) is 0 Å². The van der Waals surface area contributed by atoms with Crippen LogP contribution in [0.1, 0.15) is 54.4 Å².